The maximum Gasteiger partial charge on any atom is 0.244 e. The molecule has 8 nitrogen and oxygen atoms in total. The number of nitrogens with one attached hydrogen (secondary N) is 1. The number of hydrogen-bond donors (Lipinski definition) is 1. The van der Waals surface area contributed by atoms with Crippen molar-refractivity contribution in [2.45, 2.75) is 51.2 Å². The molecule has 1 N–H and O–H groups in total. The summed E-state index contributed by atoms with van der Waals surface area (Å²) in [5.41, 5.74) is 0.955. The molecule has 1 aliphatic rings. The van der Waals surface area contributed by atoms with Gasteiger partial charge in [0.25, 0.3) is 0 Å². The van der Waals surface area contributed by atoms with Gasteiger partial charge in [0.1, 0.15) is 18.3 Å². The number of hydrogen-bond acceptors (Lipinski definition) is 5. The first-order valence-electron chi connectivity index (χ1n) is 11.5. The predicted molar refractivity (Wildman–Crippen MR) is 137 cm³/mol. The number of benzene rings is 2. The lowest BCUT2D eigenvalue weighted by atomic mass is 10.1. The topological polar surface area (TPSA) is 96.0 Å². The van der Waals surface area contributed by atoms with Crippen LogP contribution in [0, 0.1) is 0 Å². The van der Waals surface area contributed by atoms with Gasteiger partial charge in [-0.15, -0.1) is 0 Å². The van der Waals surface area contributed by atoms with Gasteiger partial charge in [0.15, 0.2) is 0 Å². The van der Waals surface area contributed by atoms with Crippen LogP contribution in [0.4, 0.5) is 5.69 Å². The average Bonchev–Trinajstić information content (AvgIpc) is 3.33. The van der Waals surface area contributed by atoms with Crippen LogP contribution in [0.5, 0.6) is 5.75 Å². The van der Waals surface area contributed by atoms with Gasteiger partial charge in [0.05, 0.1) is 19.1 Å². The lowest BCUT2D eigenvalue weighted by Gasteiger charge is -2.32. The molecule has 0 aliphatic heterocycles. The van der Waals surface area contributed by atoms with Gasteiger partial charge in [-0.05, 0) is 43.5 Å². The summed E-state index contributed by atoms with van der Waals surface area (Å²) in [7, 11) is -2.34. The van der Waals surface area contributed by atoms with Crippen LogP contribution >= 0.6 is 11.6 Å². The van der Waals surface area contributed by atoms with Gasteiger partial charge in [0.2, 0.25) is 21.8 Å². The van der Waals surface area contributed by atoms with Crippen molar-refractivity contribution in [2.75, 3.05) is 24.2 Å². The van der Waals surface area contributed by atoms with Gasteiger partial charge < -0.3 is 15.0 Å². The van der Waals surface area contributed by atoms with Gasteiger partial charge >= 0.3 is 0 Å². The average molecular weight is 522 g/mol. The quantitative estimate of drug-likeness (QED) is 0.515. The zero-order valence-electron chi connectivity index (χ0n) is 20.2. The largest absolute Gasteiger partial charge is 0.497 e. The van der Waals surface area contributed by atoms with Crippen molar-refractivity contribution in [3.8, 4) is 5.75 Å². The maximum absolute atomic E-state index is 13.6. The summed E-state index contributed by atoms with van der Waals surface area (Å²) < 4.78 is 31.5. The van der Waals surface area contributed by atoms with E-state index in [4.69, 9.17) is 16.3 Å². The van der Waals surface area contributed by atoms with Crippen LogP contribution in [0.3, 0.4) is 0 Å². The number of sulfonamides is 1. The monoisotopic (exact) mass is 521 g/mol. The van der Waals surface area contributed by atoms with Gasteiger partial charge in [-0.2, -0.15) is 0 Å². The smallest absolute Gasteiger partial charge is 0.244 e. The van der Waals surface area contributed by atoms with E-state index < -0.39 is 28.5 Å². The van der Waals surface area contributed by atoms with Gasteiger partial charge in [0, 0.05) is 23.7 Å². The fourth-order valence-corrected chi connectivity index (χ4v) is 5.20. The van der Waals surface area contributed by atoms with Gasteiger partial charge in [-0.1, -0.05) is 48.7 Å². The highest BCUT2D eigenvalue weighted by molar-refractivity contribution is 7.92. The highest BCUT2D eigenvalue weighted by atomic mass is 35.5. The molecule has 2 amide bonds. The molecular formula is C25H32ClN3O5S. The molecule has 1 aliphatic carbocycles. The fraction of sp³-hybridized carbons (Fsp3) is 0.440. The van der Waals surface area contributed by atoms with Crippen LogP contribution in [0.1, 0.15) is 38.2 Å². The Bertz CT molecular complexity index is 1150. The Balaban J connectivity index is 1.90. The molecule has 0 saturated heterocycles. The lowest BCUT2D eigenvalue weighted by Crippen LogP contribution is -2.52. The SMILES string of the molecule is COc1cccc(N(CC(=O)N(Cc2ccccc2Cl)[C@@H](C)C(=O)NC2CCCC2)S(C)(=O)=O)c1. The number of halogens is 1. The van der Waals surface area contributed by atoms with Crippen molar-refractivity contribution in [3.05, 3.63) is 59.1 Å². The highest BCUT2D eigenvalue weighted by Crippen LogP contribution is 2.25. The van der Waals surface area contributed by atoms with Crippen LogP contribution < -0.4 is 14.4 Å². The molecule has 0 unspecified atom stereocenters. The Morgan fingerprint density at radius 3 is 2.46 bits per heavy atom. The molecule has 3 rings (SSSR count). The third-order valence-electron chi connectivity index (χ3n) is 6.19. The number of nitrogens with zero attached hydrogens (tertiary/aromatic N) is 2. The first-order valence-corrected chi connectivity index (χ1v) is 13.8. The molecule has 1 fully saturated rings. The first-order chi connectivity index (χ1) is 16.6. The zero-order chi connectivity index (χ0) is 25.6. The number of methoxy groups -OCH3 is 1. The Hall–Kier alpha value is -2.78. The van der Waals surface area contributed by atoms with E-state index in [0.717, 1.165) is 36.2 Å². The molecule has 2 aromatic rings. The second-order valence-corrected chi connectivity index (χ2v) is 11.1. The summed E-state index contributed by atoms with van der Waals surface area (Å²) in [5.74, 6) is -0.336. The second kappa shape index (κ2) is 11.8. The second-order valence-electron chi connectivity index (χ2n) is 8.75. The Labute approximate surface area is 212 Å². The van der Waals surface area contributed by atoms with E-state index in [9.17, 15) is 18.0 Å². The highest BCUT2D eigenvalue weighted by Gasteiger charge is 2.31. The van der Waals surface area contributed by atoms with Crippen molar-refractivity contribution in [3.63, 3.8) is 0 Å². The molecule has 0 aromatic heterocycles. The van der Waals surface area contributed by atoms with Crippen LogP contribution in [-0.2, 0) is 26.2 Å². The molecule has 10 heteroatoms. The third-order valence-corrected chi connectivity index (χ3v) is 7.70. The van der Waals surface area contributed by atoms with E-state index in [2.05, 4.69) is 5.32 Å². The molecule has 190 valence electrons. The molecule has 1 saturated carbocycles. The molecule has 0 bridgehead atoms. The predicted octanol–water partition coefficient (Wildman–Crippen LogP) is 3.59. The Morgan fingerprint density at radius 2 is 1.83 bits per heavy atom. The molecule has 0 radical (unpaired) electrons. The molecule has 2 aromatic carbocycles. The molecule has 35 heavy (non-hydrogen) atoms. The summed E-state index contributed by atoms with van der Waals surface area (Å²) in [4.78, 5) is 28.0. The van der Waals surface area contributed by atoms with Crippen molar-refractivity contribution >= 4 is 39.1 Å². The van der Waals surface area contributed by atoms with Crippen molar-refractivity contribution < 1.29 is 22.7 Å². The van der Waals surface area contributed by atoms with Crippen molar-refractivity contribution in [1.29, 1.82) is 0 Å². The summed E-state index contributed by atoms with van der Waals surface area (Å²) >= 11 is 6.34. The fourth-order valence-electron chi connectivity index (χ4n) is 4.16. The Morgan fingerprint density at radius 1 is 1.14 bits per heavy atom. The number of rotatable bonds is 10. The summed E-state index contributed by atoms with van der Waals surface area (Å²) in [6.07, 6.45) is 4.98. The van der Waals surface area contributed by atoms with E-state index in [1.54, 1.807) is 55.5 Å². The maximum atomic E-state index is 13.6. The number of carbonyl (C=O) groups is 2. The van der Waals surface area contributed by atoms with E-state index in [0.29, 0.717) is 22.0 Å². The van der Waals surface area contributed by atoms with Crippen LogP contribution in [0.15, 0.2) is 48.5 Å². The van der Waals surface area contributed by atoms with E-state index in [-0.39, 0.29) is 18.5 Å². The molecule has 0 heterocycles. The lowest BCUT2D eigenvalue weighted by molar-refractivity contribution is -0.139. The van der Waals surface area contributed by atoms with Gasteiger partial charge in [-0.3, -0.25) is 13.9 Å². The third kappa shape index (κ3) is 7.11. The minimum atomic E-state index is -3.81. The van der Waals surface area contributed by atoms with Crippen LogP contribution in [0.2, 0.25) is 5.02 Å². The molecular weight excluding hydrogens is 490 g/mol. The first kappa shape index (κ1) is 26.8. The number of ether oxygens (including phenoxy) is 1. The molecule has 0 spiro atoms. The van der Waals surface area contributed by atoms with E-state index >= 15 is 0 Å². The standard InChI is InChI=1S/C25H32ClN3O5S/c1-18(25(31)27-20-10-5-6-11-20)28(16-19-9-4-7-14-23(19)26)24(30)17-29(35(3,32)33)21-12-8-13-22(15-21)34-2/h4,7-9,12-15,18,20H,5-6,10-11,16-17H2,1-3H3,(H,27,31)/t18-/m0/s1. The minimum absolute atomic E-state index is 0.0630. The van der Waals surface area contributed by atoms with E-state index in [1.165, 1.54) is 12.0 Å². The number of amides is 2. The summed E-state index contributed by atoms with van der Waals surface area (Å²) in [6, 6.07) is 12.8. The van der Waals surface area contributed by atoms with Crippen LogP contribution in [0.25, 0.3) is 0 Å². The summed E-state index contributed by atoms with van der Waals surface area (Å²) in [6.45, 7) is 1.24. The van der Waals surface area contributed by atoms with Gasteiger partial charge in [-0.25, -0.2) is 8.42 Å². The van der Waals surface area contributed by atoms with Crippen molar-refractivity contribution in [1.82, 2.24) is 10.2 Å². The summed E-state index contributed by atoms with van der Waals surface area (Å²) in [5, 5.41) is 3.49. The Kier molecular flexibility index (Phi) is 9.02. The molecule has 1 atom stereocenters. The van der Waals surface area contributed by atoms with Crippen molar-refractivity contribution in [2.24, 2.45) is 0 Å². The number of anilines is 1. The minimum Gasteiger partial charge on any atom is -0.497 e. The zero-order valence-corrected chi connectivity index (χ0v) is 21.8. The normalized spacial score (nSPS) is 14.9. The van der Waals surface area contributed by atoms with E-state index in [1.807, 2.05) is 0 Å². The van der Waals surface area contributed by atoms with Crippen LogP contribution in [-0.4, -0.2) is 57.1 Å². The number of carbonyl (C=O) groups excluding carboxylic acids is 2.